The second kappa shape index (κ2) is 6.94. The number of likely N-dealkylation sites (tertiary alicyclic amines) is 1. The average Bonchev–Trinajstić information content (AvgIpc) is 3.15. The molecule has 24 heavy (non-hydrogen) atoms. The lowest BCUT2D eigenvalue weighted by Gasteiger charge is -2.28. The first-order chi connectivity index (χ1) is 11.5. The first kappa shape index (κ1) is 17.0. The number of imidazole rings is 1. The molecule has 130 valence electrons. The number of aromatic nitrogens is 2. The third-order valence-electron chi connectivity index (χ3n) is 4.70. The summed E-state index contributed by atoms with van der Waals surface area (Å²) >= 11 is 0. The second-order valence-electron chi connectivity index (χ2n) is 6.10. The number of aryl methyl sites for hydroxylation is 1. The Morgan fingerprint density at radius 2 is 1.96 bits per heavy atom. The fourth-order valence-electron chi connectivity index (χ4n) is 3.40. The van der Waals surface area contributed by atoms with Crippen molar-refractivity contribution in [3.63, 3.8) is 0 Å². The normalized spacial score (nSPS) is 21.5. The monoisotopic (exact) mass is 338 g/mol. The fraction of sp³-hybridized carbons (Fsp3) is 0.471. The number of hydrogen-bond acceptors (Lipinski definition) is 3. The van der Waals surface area contributed by atoms with Crippen molar-refractivity contribution in [2.45, 2.75) is 32.0 Å². The molecule has 0 aliphatic carbocycles. The van der Waals surface area contributed by atoms with Gasteiger partial charge in [0.15, 0.2) is 17.5 Å². The molecule has 1 aliphatic heterocycles. The summed E-state index contributed by atoms with van der Waals surface area (Å²) in [6.45, 7) is 4.14. The number of likely N-dealkylation sites (N-methyl/N-ethyl adjacent to an activating group) is 1. The van der Waals surface area contributed by atoms with Crippen molar-refractivity contribution in [2.75, 3.05) is 13.1 Å². The Kier molecular flexibility index (Phi) is 4.91. The molecule has 2 aromatic rings. The fourth-order valence-corrected chi connectivity index (χ4v) is 3.40. The third-order valence-corrected chi connectivity index (χ3v) is 4.70. The van der Waals surface area contributed by atoms with E-state index < -0.39 is 17.5 Å². The van der Waals surface area contributed by atoms with Crippen LogP contribution in [0.3, 0.4) is 0 Å². The summed E-state index contributed by atoms with van der Waals surface area (Å²) < 4.78 is 42.5. The summed E-state index contributed by atoms with van der Waals surface area (Å²) in [5.74, 6) is -2.82. The minimum Gasteiger partial charge on any atom is -0.337 e. The maximum absolute atomic E-state index is 13.6. The molecule has 0 bridgehead atoms. The van der Waals surface area contributed by atoms with Crippen molar-refractivity contribution < 1.29 is 13.2 Å². The zero-order valence-electron chi connectivity index (χ0n) is 13.8. The summed E-state index contributed by atoms with van der Waals surface area (Å²) in [7, 11) is 1.92. The summed E-state index contributed by atoms with van der Waals surface area (Å²) in [4.78, 5) is 6.41. The van der Waals surface area contributed by atoms with Gasteiger partial charge >= 0.3 is 0 Å². The van der Waals surface area contributed by atoms with E-state index in [9.17, 15) is 13.2 Å². The van der Waals surface area contributed by atoms with Gasteiger partial charge in [-0.2, -0.15) is 0 Å². The summed E-state index contributed by atoms with van der Waals surface area (Å²) in [5.41, 5.74) is 0.461. The molecular formula is C17H21F3N4. The minimum atomic E-state index is -1.42. The van der Waals surface area contributed by atoms with Crippen molar-refractivity contribution in [3.8, 4) is 0 Å². The maximum Gasteiger partial charge on any atom is 0.194 e. The molecule has 2 atom stereocenters. The van der Waals surface area contributed by atoms with Gasteiger partial charge in [0, 0.05) is 32.0 Å². The Morgan fingerprint density at radius 1 is 1.25 bits per heavy atom. The standard InChI is InChI=1S/C17H21F3N4/c1-3-24-6-4-14(22-10-15-21-5-7-23(15)2)17(24)11-8-12(18)16(20)13(19)9-11/h5,7-9,14,17,22H,3-4,6,10H2,1-2H3/t14-,17+/m0/s1. The van der Waals surface area contributed by atoms with E-state index in [0.717, 1.165) is 37.5 Å². The molecular weight excluding hydrogens is 317 g/mol. The number of nitrogens with one attached hydrogen (secondary N) is 1. The highest BCUT2D eigenvalue weighted by Crippen LogP contribution is 2.33. The zero-order valence-corrected chi connectivity index (χ0v) is 13.8. The highest BCUT2D eigenvalue weighted by Gasteiger charge is 2.35. The van der Waals surface area contributed by atoms with E-state index >= 15 is 0 Å². The van der Waals surface area contributed by atoms with Crippen LogP contribution in [0.2, 0.25) is 0 Å². The third kappa shape index (κ3) is 3.18. The molecule has 1 aliphatic rings. The number of halogens is 3. The molecule has 0 saturated carbocycles. The van der Waals surface area contributed by atoms with Gasteiger partial charge in [-0.25, -0.2) is 18.2 Å². The lowest BCUT2D eigenvalue weighted by molar-refractivity contribution is 0.245. The Hall–Kier alpha value is -1.86. The first-order valence-corrected chi connectivity index (χ1v) is 8.09. The Balaban J connectivity index is 1.82. The van der Waals surface area contributed by atoms with Crippen LogP contribution in [0.5, 0.6) is 0 Å². The summed E-state index contributed by atoms with van der Waals surface area (Å²) in [5, 5.41) is 3.43. The molecule has 0 spiro atoms. The highest BCUT2D eigenvalue weighted by atomic mass is 19.2. The lowest BCUT2D eigenvalue weighted by Crippen LogP contribution is -2.36. The van der Waals surface area contributed by atoms with Crippen LogP contribution in [0.25, 0.3) is 0 Å². The molecule has 1 saturated heterocycles. The van der Waals surface area contributed by atoms with Gasteiger partial charge < -0.3 is 9.88 Å². The van der Waals surface area contributed by atoms with Crippen LogP contribution < -0.4 is 5.32 Å². The number of benzene rings is 1. The lowest BCUT2D eigenvalue weighted by atomic mass is 9.99. The Morgan fingerprint density at radius 3 is 2.54 bits per heavy atom. The number of nitrogens with zero attached hydrogens (tertiary/aromatic N) is 3. The van der Waals surface area contributed by atoms with Gasteiger partial charge in [0.05, 0.1) is 12.6 Å². The minimum absolute atomic E-state index is 0.0194. The quantitative estimate of drug-likeness (QED) is 0.851. The van der Waals surface area contributed by atoms with Gasteiger partial charge in [-0.15, -0.1) is 0 Å². The number of rotatable bonds is 5. The van der Waals surface area contributed by atoms with E-state index in [4.69, 9.17) is 0 Å². The van der Waals surface area contributed by atoms with Crippen molar-refractivity contribution in [1.82, 2.24) is 19.8 Å². The van der Waals surface area contributed by atoms with Crippen LogP contribution in [0.1, 0.15) is 30.8 Å². The molecule has 1 aromatic heterocycles. The maximum atomic E-state index is 13.6. The molecule has 1 N–H and O–H groups in total. The van der Waals surface area contributed by atoms with Crippen molar-refractivity contribution >= 4 is 0 Å². The van der Waals surface area contributed by atoms with Gasteiger partial charge in [0.2, 0.25) is 0 Å². The van der Waals surface area contributed by atoms with Crippen LogP contribution in [-0.4, -0.2) is 33.6 Å². The molecule has 4 nitrogen and oxygen atoms in total. The van der Waals surface area contributed by atoms with Crippen molar-refractivity contribution in [3.05, 3.63) is 53.4 Å². The SMILES string of the molecule is CCN1CC[C@H](NCc2nccn2C)[C@H]1c1cc(F)c(F)c(F)c1. The van der Waals surface area contributed by atoms with Crippen molar-refractivity contribution in [1.29, 1.82) is 0 Å². The Labute approximate surface area is 139 Å². The van der Waals surface area contributed by atoms with Crippen LogP contribution >= 0.6 is 0 Å². The second-order valence-corrected chi connectivity index (χ2v) is 6.10. The molecule has 0 amide bonds. The van der Waals surface area contributed by atoms with Gasteiger partial charge in [0.1, 0.15) is 5.82 Å². The predicted molar refractivity (Wildman–Crippen MR) is 84.8 cm³/mol. The van der Waals surface area contributed by atoms with Gasteiger partial charge in [-0.3, -0.25) is 4.90 Å². The van der Waals surface area contributed by atoms with Gasteiger partial charge in [0.25, 0.3) is 0 Å². The molecule has 1 aromatic carbocycles. The molecule has 0 unspecified atom stereocenters. The van der Waals surface area contributed by atoms with E-state index in [1.165, 1.54) is 0 Å². The molecule has 7 heteroatoms. The van der Waals surface area contributed by atoms with Crippen LogP contribution in [0.15, 0.2) is 24.5 Å². The molecule has 3 rings (SSSR count). The van der Waals surface area contributed by atoms with E-state index in [1.807, 2.05) is 24.7 Å². The largest absolute Gasteiger partial charge is 0.337 e. The smallest absolute Gasteiger partial charge is 0.194 e. The van der Waals surface area contributed by atoms with Gasteiger partial charge in [-0.05, 0) is 30.7 Å². The Bertz CT molecular complexity index is 693. The topological polar surface area (TPSA) is 33.1 Å². The number of hydrogen-bond donors (Lipinski definition) is 1. The van der Waals surface area contributed by atoms with Crippen LogP contribution in [-0.2, 0) is 13.6 Å². The summed E-state index contributed by atoms with van der Waals surface area (Å²) in [6.07, 6.45) is 4.45. The average molecular weight is 338 g/mol. The summed E-state index contributed by atoms with van der Waals surface area (Å²) in [6, 6.07) is 2.03. The van der Waals surface area contributed by atoms with E-state index in [0.29, 0.717) is 12.1 Å². The highest BCUT2D eigenvalue weighted by molar-refractivity contribution is 5.25. The molecule has 0 radical (unpaired) electrons. The molecule has 2 heterocycles. The van der Waals surface area contributed by atoms with Crippen molar-refractivity contribution in [2.24, 2.45) is 7.05 Å². The predicted octanol–water partition coefficient (Wildman–Crippen LogP) is 2.76. The zero-order chi connectivity index (χ0) is 17.3. The van der Waals surface area contributed by atoms with Crippen LogP contribution in [0, 0.1) is 17.5 Å². The molecule has 1 fully saturated rings. The van der Waals surface area contributed by atoms with Gasteiger partial charge in [-0.1, -0.05) is 6.92 Å². The van der Waals surface area contributed by atoms with E-state index in [2.05, 4.69) is 15.2 Å². The van der Waals surface area contributed by atoms with E-state index in [1.54, 1.807) is 6.20 Å². The first-order valence-electron chi connectivity index (χ1n) is 8.09. The van der Waals surface area contributed by atoms with E-state index in [-0.39, 0.29) is 12.1 Å². The van der Waals surface area contributed by atoms with Crippen LogP contribution in [0.4, 0.5) is 13.2 Å².